The first kappa shape index (κ1) is 28.5. The molecular weight excluding hydrogens is 613 g/mol. The fourth-order valence-corrected chi connectivity index (χ4v) is 7.57. The third-order valence-corrected chi connectivity index (χ3v) is 9.93. The monoisotopic (exact) mass is 644 g/mol. The molecular formula is C46H32N2O2. The molecule has 2 atom stereocenters. The minimum absolute atomic E-state index is 0.0357. The lowest BCUT2D eigenvalue weighted by atomic mass is 9.92. The van der Waals surface area contributed by atoms with E-state index in [0.717, 1.165) is 67.2 Å². The molecule has 0 saturated carbocycles. The van der Waals surface area contributed by atoms with Crippen molar-refractivity contribution in [3.8, 4) is 5.75 Å². The smallest absolute Gasteiger partial charge is 0.135 e. The van der Waals surface area contributed by atoms with Crippen molar-refractivity contribution in [1.82, 2.24) is 0 Å². The second kappa shape index (κ2) is 11.6. The third kappa shape index (κ3) is 4.76. The summed E-state index contributed by atoms with van der Waals surface area (Å²) in [5.74, 6) is 1.17. The molecule has 8 aromatic rings. The summed E-state index contributed by atoms with van der Waals surface area (Å²) in [5.41, 5.74) is 9.49. The van der Waals surface area contributed by atoms with E-state index in [4.69, 9.17) is 9.15 Å². The summed E-state index contributed by atoms with van der Waals surface area (Å²) in [6, 6.07) is 55.9. The largest absolute Gasteiger partial charge is 0.485 e. The van der Waals surface area contributed by atoms with Gasteiger partial charge in [-0.25, -0.2) is 0 Å². The molecule has 0 amide bonds. The predicted molar refractivity (Wildman–Crippen MR) is 206 cm³/mol. The van der Waals surface area contributed by atoms with Crippen molar-refractivity contribution in [1.29, 1.82) is 0 Å². The lowest BCUT2D eigenvalue weighted by Gasteiger charge is -2.27. The first-order chi connectivity index (χ1) is 24.8. The molecule has 1 aliphatic heterocycles. The quantitative estimate of drug-likeness (QED) is 0.180. The normalized spacial score (nSPS) is 16.0. The second-order valence-corrected chi connectivity index (χ2v) is 12.9. The number of furan rings is 1. The summed E-state index contributed by atoms with van der Waals surface area (Å²) in [6.45, 7) is 0. The van der Waals surface area contributed by atoms with Crippen LogP contribution in [-0.2, 0) is 0 Å². The van der Waals surface area contributed by atoms with Gasteiger partial charge in [-0.05, 0) is 95.7 Å². The molecule has 2 unspecified atom stereocenters. The van der Waals surface area contributed by atoms with Gasteiger partial charge in [0.1, 0.15) is 23.0 Å². The van der Waals surface area contributed by atoms with Crippen molar-refractivity contribution in [2.75, 3.05) is 9.80 Å². The lowest BCUT2D eigenvalue weighted by Crippen LogP contribution is -2.15. The number of ether oxygens (including phenoxy) is 1. The van der Waals surface area contributed by atoms with Crippen molar-refractivity contribution < 1.29 is 9.15 Å². The molecule has 0 spiro atoms. The minimum atomic E-state index is 0.0357. The highest BCUT2D eigenvalue weighted by Crippen LogP contribution is 2.46. The lowest BCUT2D eigenvalue weighted by molar-refractivity contribution is 0.269. The topological polar surface area (TPSA) is 28.9 Å². The minimum Gasteiger partial charge on any atom is -0.485 e. The van der Waals surface area contributed by atoms with E-state index in [9.17, 15) is 0 Å². The van der Waals surface area contributed by atoms with Crippen LogP contribution in [0.1, 0.15) is 11.5 Å². The highest BCUT2D eigenvalue weighted by molar-refractivity contribution is 6.06. The number of hydrogen-bond donors (Lipinski definition) is 0. The molecule has 4 nitrogen and oxygen atoms in total. The summed E-state index contributed by atoms with van der Waals surface area (Å²) in [4.78, 5) is 4.63. The zero-order valence-electron chi connectivity index (χ0n) is 27.2. The molecule has 0 radical (unpaired) electrons. The average Bonchev–Trinajstić information content (AvgIpc) is 3.74. The number of para-hydroxylation sites is 3. The van der Waals surface area contributed by atoms with Crippen LogP contribution in [0.3, 0.4) is 0 Å². The highest BCUT2D eigenvalue weighted by Gasteiger charge is 2.32. The van der Waals surface area contributed by atoms with E-state index in [-0.39, 0.29) is 12.0 Å². The fourth-order valence-electron chi connectivity index (χ4n) is 7.57. The Morgan fingerprint density at radius 2 is 0.980 bits per heavy atom. The van der Waals surface area contributed by atoms with Crippen LogP contribution >= 0.6 is 0 Å². The molecule has 0 bridgehead atoms. The van der Waals surface area contributed by atoms with E-state index in [1.807, 2.05) is 12.1 Å². The molecule has 0 saturated heterocycles. The SMILES string of the molecule is C1=CC2Oc3cc(N(c4ccc5cc(N(c6ccccc6)c6ccccc6)ccc5c4)c4ccc5oc6ccccc6c5c4)ccc3C2C=C1. The summed E-state index contributed by atoms with van der Waals surface area (Å²) in [6.07, 6.45) is 8.61. The van der Waals surface area contributed by atoms with Crippen LogP contribution in [0.4, 0.5) is 34.1 Å². The zero-order chi connectivity index (χ0) is 33.0. The van der Waals surface area contributed by atoms with E-state index in [0.29, 0.717) is 0 Å². The number of anilines is 6. The first-order valence-electron chi connectivity index (χ1n) is 17.1. The van der Waals surface area contributed by atoms with E-state index >= 15 is 0 Å². The van der Waals surface area contributed by atoms with E-state index in [1.165, 1.54) is 10.9 Å². The number of rotatable bonds is 6. The molecule has 4 heteroatoms. The molecule has 2 aliphatic rings. The number of nitrogens with zero attached hydrogens (tertiary/aromatic N) is 2. The Morgan fingerprint density at radius 3 is 1.72 bits per heavy atom. The summed E-state index contributed by atoms with van der Waals surface area (Å²) in [5, 5.41) is 4.52. The molecule has 1 aliphatic carbocycles. The average molecular weight is 645 g/mol. The van der Waals surface area contributed by atoms with Gasteiger partial charge in [0.25, 0.3) is 0 Å². The Bertz CT molecular complexity index is 2560. The molecule has 2 heterocycles. The van der Waals surface area contributed by atoms with Crippen LogP contribution in [0.25, 0.3) is 32.7 Å². The van der Waals surface area contributed by atoms with E-state index < -0.39 is 0 Å². The van der Waals surface area contributed by atoms with Gasteiger partial charge in [0.05, 0.1) is 0 Å². The van der Waals surface area contributed by atoms with Gasteiger partial charge in [0, 0.05) is 62.4 Å². The van der Waals surface area contributed by atoms with Crippen molar-refractivity contribution in [3.63, 3.8) is 0 Å². The molecule has 238 valence electrons. The van der Waals surface area contributed by atoms with Crippen molar-refractivity contribution in [2.45, 2.75) is 12.0 Å². The summed E-state index contributed by atoms with van der Waals surface area (Å²) in [7, 11) is 0. The van der Waals surface area contributed by atoms with Crippen LogP contribution in [0.15, 0.2) is 186 Å². The Hall–Kier alpha value is -6.52. The van der Waals surface area contributed by atoms with Gasteiger partial charge < -0.3 is 19.0 Å². The van der Waals surface area contributed by atoms with Crippen molar-refractivity contribution in [2.24, 2.45) is 0 Å². The van der Waals surface area contributed by atoms with Gasteiger partial charge in [-0.1, -0.05) is 91.0 Å². The molecule has 0 N–H and O–H groups in total. The van der Waals surface area contributed by atoms with Gasteiger partial charge >= 0.3 is 0 Å². The molecule has 50 heavy (non-hydrogen) atoms. The van der Waals surface area contributed by atoms with E-state index in [1.54, 1.807) is 0 Å². The van der Waals surface area contributed by atoms with E-state index in [2.05, 4.69) is 180 Å². The molecule has 1 aromatic heterocycles. The highest BCUT2D eigenvalue weighted by atomic mass is 16.5. The maximum Gasteiger partial charge on any atom is 0.135 e. The molecule has 0 fully saturated rings. The van der Waals surface area contributed by atoms with Gasteiger partial charge in [0.2, 0.25) is 0 Å². The summed E-state index contributed by atoms with van der Waals surface area (Å²) < 4.78 is 12.7. The second-order valence-electron chi connectivity index (χ2n) is 12.9. The Balaban J connectivity index is 1.10. The van der Waals surface area contributed by atoms with Gasteiger partial charge in [-0.2, -0.15) is 0 Å². The molecule has 7 aromatic carbocycles. The first-order valence-corrected chi connectivity index (χ1v) is 17.1. The van der Waals surface area contributed by atoms with Crippen LogP contribution in [0.2, 0.25) is 0 Å². The maximum absolute atomic E-state index is 6.48. The Morgan fingerprint density at radius 1 is 0.420 bits per heavy atom. The Kier molecular flexibility index (Phi) is 6.59. The Labute approximate surface area is 290 Å². The van der Waals surface area contributed by atoms with Crippen molar-refractivity contribution in [3.05, 3.63) is 188 Å². The maximum atomic E-state index is 6.48. The zero-order valence-corrected chi connectivity index (χ0v) is 27.2. The van der Waals surface area contributed by atoms with Gasteiger partial charge in [-0.3, -0.25) is 0 Å². The molecule has 10 rings (SSSR count). The number of fused-ring (bicyclic) bond motifs is 7. The summed E-state index contributed by atoms with van der Waals surface area (Å²) >= 11 is 0. The van der Waals surface area contributed by atoms with Gasteiger partial charge in [-0.15, -0.1) is 0 Å². The van der Waals surface area contributed by atoms with Gasteiger partial charge in [0.15, 0.2) is 0 Å². The fraction of sp³-hybridized carbons (Fsp3) is 0.0435. The predicted octanol–water partition coefficient (Wildman–Crippen LogP) is 12.6. The number of allylic oxidation sites excluding steroid dienone is 2. The number of hydrogen-bond acceptors (Lipinski definition) is 4. The standard InChI is InChI=1S/C46H32N2O2/c1-3-11-33(12-4-1)47(34-13-5-2-6-14-34)35-21-19-32-28-36(22-20-31(32)27-35)48(37-24-26-45-42(29-37)40-16-8-10-18-44(40)49-45)38-23-25-41-39-15-7-9-17-43(39)50-46(41)30-38/h1-30,39,43H. The van der Waals surface area contributed by atoms with Crippen LogP contribution < -0.4 is 14.5 Å². The van der Waals surface area contributed by atoms with Crippen molar-refractivity contribution >= 4 is 66.8 Å². The van der Waals surface area contributed by atoms with Crippen LogP contribution in [0.5, 0.6) is 5.75 Å². The van der Waals surface area contributed by atoms with Crippen LogP contribution in [-0.4, -0.2) is 6.10 Å². The number of benzene rings is 7. The third-order valence-electron chi connectivity index (χ3n) is 9.93. The van der Waals surface area contributed by atoms with Crippen LogP contribution in [0, 0.1) is 0 Å².